The summed E-state index contributed by atoms with van der Waals surface area (Å²) in [5.41, 5.74) is 2.16. The van der Waals surface area contributed by atoms with E-state index in [9.17, 15) is 4.79 Å². The van der Waals surface area contributed by atoms with Crippen LogP contribution in [0, 0.1) is 6.92 Å². The van der Waals surface area contributed by atoms with Crippen LogP contribution in [0.5, 0.6) is 0 Å². The van der Waals surface area contributed by atoms with Gasteiger partial charge in [-0.15, -0.1) is 0 Å². The molecule has 0 aliphatic carbocycles. The molecule has 25 heavy (non-hydrogen) atoms. The largest absolute Gasteiger partial charge is 0.356 e. The Hall–Kier alpha value is -2.21. The van der Waals surface area contributed by atoms with Crippen LogP contribution in [0.3, 0.4) is 0 Å². The monoisotopic (exact) mass is 342 g/mol. The van der Waals surface area contributed by atoms with E-state index >= 15 is 0 Å². The summed E-state index contributed by atoms with van der Waals surface area (Å²) in [5.74, 6) is 1.33. The normalized spacial score (nSPS) is 18.2. The zero-order valence-corrected chi connectivity index (χ0v) is 15.0. The SMILES string of the molecule is CC(=O)NCC[C@@H]1CCCCN1Cc1noc(-c2ccc(C)cc2)n1. The molecule has 0 unspecified atom stereocenters. The first-order valence-electron chi connectivity index (χ1n) is 9.00. The minimum atomic E-state index is 0.0308. The Balaban J connectivity index is 1.61. The molecule has 1 aromatic heterocycles. The van der Waals surface area contributed by atoms with Crippen molar-refractivity contribution in [1.82, 2.24) is 20.4 Å². The van der Waals surface area contributed by atoms with Crippen molar-refractivity contribution >= 4 is 5.91 Å². The fourth-order valence-corrected chi connectivity index (χ4v) is 3.32. The fourth-order valence-electron chi connectivity index (χ4n) is 3.32. The molecule has 6 nitrogen and oxygen atoms in total. The number of aromatic nitrogens is 2. The van der Waals surface area contributed by atoms with Crippen LogP contribution in [0.4, 0.5) is 0 Å². The summed E-state index contributed by atoms with van der Waals surface area (Å²) in [4.78, 5) is 18.0. The summed E-state index contributed by atoms with van der Waals surface area (Å²) >= 11 is 0. The molecule has 1 saturated heterocycles. The predicted octanol–water partition coefficient (Wildman–Crippen LogP) is 2.93. The summed E-state index contributed by atoms with van der Waals surface area (Å²) in [6, 6.07) is 8.55. The molecular weight excluding hydrogens is 316 g/mol. The van der Waals surface area contributed by atoms with Gasteiger partial charge in [0.2, 0.25) is 5.91 Å². The third-order valence-corrected chi connectivity index (χ3v) is 4.71. The molecule has 0 spiro atoms. The molecule has 1 aliphatic rings. The number of likely N-dealkylation sites (tertiary alicyclic amines) is 1. The number of rotatable bonds is 6. The summed E-state index contributed by atoms with van der Waals surface area (Å²) in [5, 5.41) is 7.05. The van der Waals surface area contributed by atoms with Gasteiger partial charge in [0.1, 0.15) is 0 Å². The van der Waals surface area contributed by atoms with E-state index in [1.54, 1.807) is 6.92 Å². The third-order valence-electron chi connectivity index (χ3n) is 4.71. The van der Waals surface area contributed by atoms with Crippen molar-refractivity contribution in [2.45, 2.75) is 52.1 Å². The van der Waals surface area contributed by atoms with Crippen molar-refractivity contribution in [3.8, 4) is 11.5 Å². The highest BCUT2D eigenvalue weighted by Crippen LogP contribution is 2.22. The second kappa shape index (κ2) is 8.25. The lowest BCUT2D eigenvalue weighted by atomic mass is 9.99. The van der Waals surface area contributed by atoms with Gasteiger partial charge in [-0.2, -0.15) is 4.98 Å². The maximum absolute atomic E-state index is 11.1. The predicted molar refractivity (Wildman–Crippen MR) is 95.8 cm³/mol. The second-order valence-corrected chi connectivity index (χ2v) is 6.77. The molecule has 1 amide bonds. The first kappa shape index (κ1) is 17.6. The Morgan fingerprint density at radius 1 is 1.32 bits per heavy atom. The van der Waals surface area contributed by atoms with Crippen molar-refractivity contribution < 1.29 is 9.32 Å². The maximum Gasteiger partial charge on any atom is 0.257 e. The van der Waals surface area contributed by atoms with Gasteiger partial charge in [0.25, 0.3) is 5.89 Å². The quantitative estimate of drug-likeness (QED) is 0.874. The van der Waals surface area contributed by atoms with Gasteiger partial charge in [-0.25, -0.2) is 0 Å². The van der Waals surface area contributed by atoms with Gasteiger partial charge in [-0.1, -0.05) is 29.3 Å². The number of piperidine rings is 1. The summed E-state index contributed by atoms with van der Waals surface area (Å²) in [6.07, 6.45) is 4.55. The first-order chi connectivity index (χ1) is 12.1. The molecule has 1 N–H and O–H groups in total. The highest BCUT2D eigenvalue weighted by molar-refractivity contribution is 5.72. The number of hydrogen-bond acceptors (Lipinski definition) is 5. The number of aryl methyl sites for hydroxylation is 1. The topological polar surface area (TPSA) is 71.3 Å². The third kappa shape index (κ3) is 4.89. The lowest BCUT2D eigenvalue weighted by molar-refractivity contribution is -0.119. The van der Waals surface area contributed by atoms with Crippen molar-refractivity contribution in [2.75, 3.05) is 13.1 Å². The van der Waals surface area contributed by atoms with E-state index < -0.39 is 0 Å². The molecular formula is C19H26N4O2. The van der Waals surface area contributed by atoms with E-state index in [4.69, 9.17) is 4.52 Å². The summed E-state index contributed by atoms with van der Waals surface area (Å²) in [6.45, 7) is 6.07. The number of carbonyl (C=O) groups excluding carboxylic acids is 1. The van der Waals surface area contributed by atoms with E-state index in [1.807, 2.05) is 24.3 Å². The molecule has 2 heterocycles. The molecule has 134 valence electrons. The number of nitrogens with one attached hydrogen (secondary N) is 1. The highest BCUT2D eigenvalue weighted by Gasteiger charge is 2.24. The molecule has 1 fully saturated rings. The van der Waals surface area contributed by atoms with Crippen molar-refractivity contribution in [3.05, 3.63) is 35.7 Å². The minimum Gasteiger partial charge on any atom is -0.356 e. The summed E-state index contributed by atoms with van der Waals surface area (Å²) in [7, 11) is 0. The molecule has 6 heteroatoms. The van der Waals surface area contributed by atoms with Crippen molar-refractivity contribution in [3.63, 3.8) is 0 Å². The molecule has 1 aromatic carbocycles. The van der Waals surface area contributed by atoms with Gasteiger partial charge in [-0.3, -0.25) is 9.69 Å². The van der Waals surface area contributed by atoms with Gasteiger partial charge in [-0.05, 0) is 44.9 Å². The van der Waals surface area contributed by atoms with Crippen LogP contribution in [0.15, 0.2) is 28.8 Å². The van der Waals surface area contributed by atoms with Gasteiger partial charge in [0.15, 0.2) is 5.82 Å². The molecule has 3 rings (SSSR count). The Labute approximate surface area is 148 Å². The lowest BCUT2D eigenvalue weighted by Crippen LogP contribution is -2.41. The van der Waals surface area contributed by atoms with E-state index in [1.165, 1.54) is 18.4 Å². The minimum absolute atomic E-state index is 0.0308. The maximum atomic E-state index is 11.1. The van der Waals surface area contributed by atoms with Crippen molar-refractivity contribution in [2.24, 2.45) is 0 Å². The van der Waals surface area contributed by atoms with Crippen LogP contribution in [-0.2, 0) is 11.3 Å². The Kier molecular flexibility index (Phi) is 5.81. The highest BCUT2D eigenvalue weighted by atomic mass is 16.5. The smallest absolute Gasteiger partial charge is 0.257 e. The van der Waals surface area contributed by atoms with E-state index in [0.717, 1.165) is 37.3 Å². The van der Waals surface area contributed by atoms with Gasteiger partial charge in [0.05, 0.1) is 6.54 Å². The van der Waals surface area contributed by atoms with Crippen LogP contribution in [0.1, 0.15) is 44.0 Å². The standard InChI is InChI=1S/C19H26N4O2/c1-14-6-8-16(9-7-14)19-21-18(22-25-19)13-23-12-4-3-5-17(23)10-11-20-15(2)24/h6-9,17H,3-5,10-13H2,1-2H3,(H,20,24)/t17-/m0/s1. The molecule has 0 saturated carbocycles. The zero-order chi connectivity index (χ0) is 17.6. The Morgan fingerprint density at radius 2 is 2.12 bits per heavy atom. The Bertz CT molecular complexity index is 696. The second-order valence-electron chi connectivity index (χ2n) is 6.77. The summed E-state index contributed by atoms with van der Waals surface area (Å²) < 4.78 is 5.44. The molecule has 1 aliphatic heterocycles. The van der Waals surface area contributed by atoms with E-state index in [-0.39, 0.29) is 5.91 Å². The van der Waals surface area contributed by atoms with Crippen LogP contribution in [0.25, 0.3) is 11.5 Å². The first-order valence-corrected chi connectivity index (χ1v) is 9.00. The number of amides is 1. The van der Waals surface area contributed by atoms with E-state index in [0.29, 0.717) is 18.5 Å². The van der Waals surface area contributed by atoms with Gasteiger partial charge in [0, 0.05) is 25.1 Å². The fraction of sp³-hybridized carbons (Fsp3) is 0.526. The molecule has 1 atom stereocenters. The average molecular weight is 342 g/mol. The van der Waals surface area contributed by atoms with Crippen molar-refractivity contribution in [1.29, 1.82) is 0 Å². The number of benzene rings is 1. The lowest BCUT2D eigenvalue weighted by Gasteiger charge is -2.34. The van der Waals surface area contributed by atoms with Crippen LogP contribution in [0.2, 0.25) is 0 Å². The number of carbonyl (C=O) groups is 1. The van der Waals surface area contributed by atoms with E-state index in [2.05, 4.69) is 27.3 Å². The van der Waals surface area contributed by atoms with Gasteiger partial charge < -0.3 is 9.84 Å². The van der Waals surface area contributed by atoms with Crippen LogP contribution in [-0.4, -0.2) is 40.1 Å². The number of hydrogen-bond donors (Lipinski definition) is 1. The molecule has 0 radical (unpaired) electrons. The average Bonchev–Trinajstić information content (AvgIpc) is 3.05. The van der Waals surface area contributed by atoms with Gasteiger partial charge >= 0.3 is 0 Å². The number of nitrogens with zero attached hydrogens (tertiary/aromatic N) is 3. The Morgan fingerprint density at radius 3 is 2.88 bits per heavy atom. The molecule has 2 aromatic rings. The van der Waals surface area contributed by atoms with Crippen LogP contribution >= 0.6 is 0 Å². The molecule has 0 bridgehead atoms. The zero-order valence-electron chi connectivity index (χ0n) is 15.0. The van der Waals surface area contributed by atoms with Crippen LogP contribution < -0.4 is 5.32 Å².